The Labute approximate surface area is 168 Å². The summed E-state index contributed by atoms with van der Waals surface area (Å²) < 4.78 is 2.16. The van der Waals surface area contributed by atoms with E-state index in [1.165, 1.54) is 18.2 Å². The van der Waals surface area contributed by atoms with Crippen LogP contribution in [0.1, 0.15) is 17.0 Å². The van der Waals surface area contributed by atoms with Crippen LogP contribution in [0.2, 0.25) is 0 Å². The molecular weight excluding hydrogens is 368 g/mol. The molecular formula is C23H20N2O2S. The number of thioether (sulfide) groups is 1. The summed E-state index contributed by atoms with van der Waals surface area (Å²) in [6.07, 6.45) is 1.81. The monoisotopic (exact) mass is 388 g/mol. The first-order valence-corrected chi connectivity index (χ1v) is 9.83. The molecule has 140 valence electrons. The number of carbonyl (C=O) groups excluding carboxylic acids is 2. The Morgan fingerprint density at radius 1 is 0.893 bits per heavy atom. The molecule has 28 heavy (non-hydrogen) atoms. The minimum Gasteiger partial charge on any atom is -0.318 e. The van der Waals surface area contributed by atoms with E-state index in [1.54, 1.807) is 0 Å². The normalized spacial score (nSPS) is 15.7. The van der Waals surface area contributed by atoms with Crippen molar-refractivity contribution in [2.45, 2.75) is 13.8 Å². The van der Waals surface area contributed by atoms with E-state index in [-0.39, 0.29) is 11.1 Å². The van der Waals surface area contributed by atoms with Gasteiger partial charge in [0.25, 0.3) is 11.1 Å². The van der Waals surface area contributed by atoms with Crippen LogP contribution in [0.4, 0.5) is 4.79 Å². The third-order valence-corrected chi connectivity index (χ3v) is 5.94. The predicted octanol–water partition coefficient (Wildman–Crippen LogP) is 5.43. The van der Waals surface area contributed by atoms with Crippen LogP contribution < -0.4 is 0 Å². The van der Waals surface area contributed by atoms with Crippen LogP contribution in [0, 0.1) is 13.8 Å². The molecule has 2 heterocycles. The van der Waals surface area contributed by atoms with Crippen molar-refractivity contribution in [3.8, 4) is 16.8 Å². The molecule has 0 aliphatic carbocycles. The number of imide groups is 1. The summed E-state index contributed by atoms with van der Waals surface area (Å²) in [6.45, 7) is 4.07. The van der Waals surface area contributed by atoms with Gasteiger partial charge >= 0.3 is 0 Å². The summed E-state index contributed by atoms with van der Waals surface area (Å²) in [6, 6.07) is 20.8. The SMILES string of the molecule is Cc1cc(/C=C2/SC(=O)N(C)C2=O)c(C)n1-c1ccc(-c2ccccc2)cc1. The van der Waals surface area contributed by atoms with Crippen molar-refractivity contribution in [2.24, 2.45) is 0 Å². The highest BCUT2D eigenvalue weighted by molar-refractivity contribution is 8.18. The lowest BCUT2D eigenvalue weighted by molar-refractivity contribution is -0.121. The minimum absolute atomic E-state index is 0.235. The number of hydrogen-bond donors (Lipinski definition) is 0. The number of benzene rings is 2. The zero-order valence-electron chi connectivity index (χ0n) is 16.0. The second-order valence-electron chi connectivity index (χ2n) is 6.82. The topological polar surface area (TPSA) is 42.3 Å². The fourth-order valence-electron chi connectivity index (χ4n) is 3.45. The van der Waals surface area contributed by atoms with Gasteiger partial charge in [0.1, 0.15) is 0 Å². The predicted molar refractivity (Wildman–Crippen MR) is 114 cm³/mol. The molecule has 1 saturated heterocycles. The first kappa shape index (κ1) is 18.3. The molecule has 1 aliphatic rings. The molecule has 1 aliphatic heterocycles. The van der Waals surface area contributed by atoms with E-state index < -0.39 is 0 Å². The number of nitrogens with zero attached hydrogens (tertiary/aromatic N) is 2. The zero-order valence-corrected chi connectivity index (χ0v) is 16.8. The largest absolute Gasteiger partial charge is 0.318 e. The van der Waals surface area contributed by atoms with Crippen LogP contribution in [-0.4, -0.2) is 27.7 Å². The molecule has 1 aromatic heterocycles. The Bertz CT molecular complexity index is 1100. The van der Waals surface area contributed by atoms with Crippen LogP contribution in [0.3, 0.4) is 0 Å². The zero-order chi connectivity index (χ0) is 19.8. The van der Waals surface area contributed by atoms with Gasteiger partial charge in [-0.15, -0.1) is 0 Å². The standard InChI is InChI=1S/C23H20N2O2S/c1-15-13-19(14-21-22(26)24(3)23(27)28-21)16(2)25(15)20-11-9-18(10-12-20)17-7-5-4-6-8-17/h4-14H,1-3H3/b21-14+. The van der Waals surface area contributed by atoms with E-state index in [2.05, 4.69) is 41.0 Å². The van der Waals surface area contributed by atoms with E-state index in [1.807, 2.05) is 44.2 Å². The number of carbonyl (C=O) groups is 2. The number of rotatable bonds is 3. The maximum absolute atomic E-state index is 12.2. The van der Waals surface area contributed by atoms with Gasteiger partial charge in [-0.2, -0.15) is 0 Å². The lowest BCUT2D eigenvalue weighted by Crippen LogP contribution is -2.22. The van der Waals surface area contributed by atoms with E-state index in [9.17, 15) is 9.59 Å². The lowest BCUT2D eigenvalue weighted by atomic mass is 10.1. The van der Waals surface area contributed by atoms with E-state index in [4.69, 9.17) is 0 Å². The third kappa shape index (κ3) is 3.18. The Kier molecular flexibility index (Phi) is 4.69. The maximum atomic E-state index is 12.2. The molecule has 0 atom stereocenters. The summed E-state index contributed by atoms with van der Waals surface area (Å²) >= 11 is 0.985. The van der Waals surface area contributed by atoms with Gasteiger partial charge in [-0.25, -0.2) is 0 Å². The van der Waals surface area contributed by atoms with Gasteiger partial charge in [0.2, 0.25) is 0 Å². The first-order valence-electron chi connectivity index (χ1n) is 9.02. The van der Waals surface area contributed by atoms with Crippen molar-refractivity contribution in [1.82, 2.24) is 9.47 Å². The van der Waals surface area contributed by atoms with Crippen molar-refractivity contribution < 1.29 is 9.59 Å². The fraction of sp³-hybridized carbons (Fsp3) is 0.130. The molecule has 1 fully saturated rings. The van der Waals surface area contributed by atoms with Crippen LogP contribution in [0.25, 0.3) is 22.9 Å². The molecule has 3 aromatic rings. The molecule has 4 nitrogen and oxygen atoms in total. The van der Waals surface area contributed by atoms with Crippen LogP contribution in [0.15, 0.2) is 65.6 Å². The van der Waals surface area contributed by atoms with Gasteiger partial charge in [0.05, 0.1) is 4.91 Å². The average molecular weight is 388 g/mol. The second kappa shape index (κ2) is 7.17. The Balaban J connectivity index is 1.69. The second-order valence-corrected chi connectivity index (χ2v) is 7.81. The summed E-state index contributed by atoms with van der Waals surface area (Å²) in [5.41, 5.74) is 6.48. The Morgan fingerprint density at radius 2 is 1.54 bits per heavy atom. The summed E-state index contributed by atoms with van der Waals surface area (Å²) in [5.74, 6) is -0.244. The van der Waals surface area contributed by atoms with Gasteiger partial charge in [-0.3, -0.25) is 14.5 Å². The number of likely N-dealkylation sites (N-methyl/N-ethyl adjacent to an activating group) is 1. The van der Waals surface area contributed by atoms with Crippen molar-refractivity contribution in [3.63, 3.8) is 0 Å². The summed E-state index contributed by atoms with van der Waals surface area (Å²) in [4.78, 5) is 25.5. The number of aryl methyl sites for hydroxylation is 1. The molecule has 0 bridgehead atoms. The smallest absolute Gasteiger partial charge is 0.293 e. The van der Waals surface area contributed by atoms with Crippen LogP contribution >= 0.6 is 11.8 Å². The van der Waals surface area contributed by atoms with Gasteiger partial charge in [-0.1, -0.05) is 42.5 Å². The molecule has 0 spiro atoms. The van der Waals surface area contributed by atoms with Crippen molar-refractivity contribution >= 4 is 29.0 Å². The Morgan fingerprint density at radius 3 is 2.14 bits per heavy atom. The average Bonchev–Trinajstić information content (AvgIpc) is 3.12. The molecule has 0 radical (unpaired) electrons. The highest BCUT2D eigenvalue weighted by atomic mass is 32.2. The van der Waals surface area contributed by atoms with E-state index in [0.29, 0.717) is 4.91 Å². The number of hydrogen-bond acceptors (Lipinski definition) is 3. The molecule has 4 rings (SSSR count). The van der Waals surface area contributed by atoms with Gasteiger partial charge < -0.3 is 4.57 Å². The number of aromatic nitrogens is 1. The molecule has 2 amide bonds. The quantitative estimate of drug-likeness (QED) is 0.562. The van der Waals surface area contributed by atoms with Crippen LogP contribution in [0.5, 0.6) is 0 Å². The Hall–Kier alpha value is -3.05. The van der Waals surface area contributed by atoms with Crippen LogP contribution in [-0.2, 0) is 4.79 Å². The fourth-order valence-corrected chi connectivity index (χ4v) is 4.27. The first-order chi connectivity index (χ1) is 13.5. The number of amides is 2. The van der Waals surface area contributed by atoms with Crippen molar-refractivity contribution in [3.05, 3.63) is 82.5 Å². The third-order valence-electron chi connectivity index (χ3n) is 4.98. The van der Waals surface area contributed by atoms with E-state index in [0.717, 1.165) is 39.3 Å². The highest BCUT2D eigenvalue weighted by Crippen LogP contribution is 2.33. The molecule has 0 unspecified atom stereocenters. The lowest BCUT2D eigenvalue weighted by Gasteiger charge is -2.11. The summed E-state index contributed by atoms with van der Waals surface area (Å²) in [5, 5.41) is -0.235. The molecule has 5 heteroatoms. The molecule has 0 N–H and O–H groups in total. The van der Waals surface area contributed by atoms with Gasteiger partial charge in [-0.05, 0) is 66.6 Å². The minimum atomic E-state index is -0.244. The molecule has 2 aromatic carbocycles. The highest BCUT2D eigenvalue weighted by Gasteiger charge is 2.32. The van der Waals surface area contributed by atoms with E-state index >= 15 is 0 Å². The van der Waals surface area contributed by atoms with Crippen molar-refractivity contribution in [1.29, 1.82) is 0 Å². The van der Waals surface area contributed by atoms with Gasteiger partial charge in [0.15, 0.2) is 0 Å². The maximum Gasteiger partial charge on any atom is 0.293 e. The molecule has 0 saturated carbocycles. The van der Waals surface area contributed by atoms with Crippen molar-refractivity contribution in [2.75, 3.05) is 7.05 Å². The van der Waals surface area contributed by atoms with Gasteiger partial charge in [0, 0.05) is 24.1 Å². The summed E-state index contributed by atoms with van der Waals surface area (Å²) in [7, 11) is 1.51.